The average molecular weight is 248 g/mol. The highest BCUT2D eigenvalue weighted by atomic mass is 15.2. The van der Waals surface area contributed by atoms with E-state index in [0.717, 1.165) is 13.0 Å². The number of aryl methyl sites for hydroxylation is 1. The standard InChI is InChI=1S/C16H28N2/c1-7-17-15(16(3,4)18(5)6)12-14-10-8-13(2)9-11-14/h8-11,15,17H,7,12H2,1-6H3. The van der Waals surface area contributed by atoms with Crippen LogP contribution in [-0.2, 0) is 6.42 Å². The number of nitrogens with one attached hydrogen (secondary N) is 1. The molecule has 0 spiro atoms. The number of rotatable bonds is 6. The quantitative estimate of drug-likeness (QED) is 0.833. The molecule has 2 nitrogen and oxygen atoms in total. The van der Waals surface area contributed by atoms with Gasteiger partial charge < -0.3 is 10.2 Å². The third kappa shape index (κ3) is 3.82. The molecule has 1 atom stereocenters. The zero-order chi connectivity index (χ0) is 13.8. The monoisotopic (exact) mass is 248 g/mol. The molecule has 0 heterocycles. The molecule has 0 fully saturated rings. The van der Waals surface area contributed by atoms with Crippen molar-refractivity contribution in [1.82, 2.24) is 10.2 Å². The van der Waals surface area contributed by atoms with Crippen LogP contribution in [0, 0.1) is 6.92 Å². The van der Waals surface area contributed by atoms with Crippen LogP contribution in [0.4, 0.5) is 0 Å². The number of likely N-dealkylation sites (N-methyl/N-ethyl adjacent to an activating group) is 2. The summed E-state index contributed by atoms with van der Waals surface area (Å²) in [6, 6.07) is 9.33. The molecule has 2 heteroatoms. The first-order chi connectivity index (χ1) is 8.37. The Balaban J connectivity index is 2.83. The van der Waals surface area contributed by atoms with Gasteiger partial charge in [0.1, 0.15) is 0 Å². The maximum atomic E-state index is 3.63. The molecular weight excluding hydrogens is 220 g/mol. The van der Waals surface area contributed by atoms with Gasteiger partial charge in [-0.2, -0.15) is 0 Å². The topological polar surface area (TPSA) is 15.3 Å². The van der Waals surface area contributed by atoms with Gasteiger partial charge in [0.2, 0.25) is 0 Å². The van der Waals surface area contributed by atoms with Crippen LogP contribution in [-0.4, -0.2) is 37.1 Å². The molecule has 0 saturated carbocycles. The second-order valence-corrected chi connectivity index (χ2v) is 5.85. The normalized spacial score (nSPS) is 13.9. The van der Waals surface area contributed by atoms with Crippen molar-refractivity contribution in [1.29, 1.82) is 0 Å². The lowest BCUT2D eigenvalue weighted by Gasteiger charge is -2.40. The Morgan fingerprint density at radius 1 is 1.17 bits per heavy atom. The lowest BCUT2D eigenvalue weighted by atomic mass is 9.88. The second kappa shape index (κ2) is 6.35. The van der Waals surface area contributed by atoms with Crippen molar-refractivity contribution in [2.45, 2.75) is 45.7 Å². The minimum absolute atomic E-state index is 0.140. The minimum Gasteiger partial charge on any atom is -0.312 e. The van der Waals surface area contributed by atoms with E-state index in [0.29, 0.717) is 6.04 Å². The van der Waals surface area contributed by atoms with E-state index in [1.54, 1.807) is 0 Å². The first-order valence-corrected chi connectivity index (χ1v) is 6.84. The van der Waals surface area contributed by atoms with Gasteiger partial charge in [0.05, 0.1) is 0 Å². The molecule has 0 aliphatic rings. The Labute approximate surface area is 112 Å². The molecule has 0 radical (unpaired) electrons. The second-order valence-electron chi connectivity index (χ2n) is 5.85. The van der Waals surface area contributed by atoms with Crippen molar-refractivity contribution in [2.24, 2.45) is 0 Å². The van der Waals surface area contributed by atoms with Crippen molar-refractivity contribution < 1.29 is 0 Å². The molecule has 0 aromatic heterocycles. The molecule has 1 aromatic rings. The molecule has 1 unspecified atom stereocenters. The van der Waals surface area contributed by atoms with Crippen LogP contribution >= 0.6 is 0 Å². The van der Waals surface area contributed by atoms with E-state index in [1.807, 2.05) is 0 Å². The van der Waals surface area contributed by atoms with Crippen molar-refractivity contribution in [3.8, 4) is 0 Å². The molecule has 0 amide bonds. The fourth-order valence-corrected chi connectivity index (χ4v) is 2.09. The number of nitrogens with zero attached hydrogens (tertiary/aromatic N) is 1. The predicted octanol–water partition coefficient (Wildman–Crippen LogP) is 2.86. The summed E-state index contributed by atoms with van der Waals surface area (Å²) in [6.45, 7) is 9.92. The molecule has 1 aromatic carbocycles. The molecule has 18 heavy (non-hydrogen) atoms. The van der Waals surface area contributed by atoms with Gasteiger partial charge in [-0.15, -0.1) is 0 Å². The summed E-state index contributed by atoms with van der Waals surface area (Å²) in [4.78, 5) is 2.30. The van der Waals surface area contributed by atoms with Crippen molar-refractivity contribution in [2.75, 3.05) is 20.6 Å². The SMILES string of the molecule is CCNC(Cc1ccc(C)cc1)C(C)(C)N(C)C. The summed E-state index contributed by atoms with van der Waals surface area (Å²) >= 11 is 0. The number of hydrogen-bond donors (Lipinski definition) is 1. The van der Waals surface area contributed by atoms with Gasteiger partial charge in [0, 0.05) is 11.6 Å². The highest BCUT2D eigenvalue weighted by Crippen LogP contribution is 2.20. The molecule has 102 valence electrons. The summed E-state index contributed by atoms with van der Waals surface area (Å²) in [6.07, 6.45) is 1.07. The Bertz CT molecular complexity index is 352. The van der Waals surface area contributed by atoms with Crippen molar-refractivity contribution in [3.05, 3.63) is 35.4 Å². The average Bonchev–Trinajstić information content (AvgIpc) is 2.31. The summed E-state index contributed by atoms with van der Waals surface area (Å²) in [5.74, 6) is 0. The van der Waals surface area contributed by atoms with Crippen LogP contribution in [0.3, 0.4) is 0 Å². The van der Waals surface area contributed by atoms with E-state index in [9.17, 15) is 0 Å². The molecule has 0 aliphatic heterocycles. The van der Waals surface area contributed by atoms with Gasteiger partial charge >= 0.3 is 0 Å². The molecule has 0 bridgehead atoms. The Hall–Kier alpha value is -0.860. The maximum Gasteiger partial charge on any atom is 0.0303 e. The largest absolute Gasteiger partial charge is 0.312 e. The van der Waals surface area contributed by atoms with E-state index < -0.39 is 0 Å². The molecular formula is C16H28N2. The summed E-state index contributed by atoms with van der Waals surface area (Å²) < 4.78 is 0. The van der Waals surface area contributed by atoms with Gasteiger partial charge in [-0.1, -0.05) is 36.8 Å². The van der Waals surface area contributed by atoms with Gasteiger partial charge in [-0.05, 0) is 53.4 Å². The minimum atomic E-state index is 0.140. The van der Waals surface area contributed by atoms with Gasteiger partial charge in [0.15, 0.2) is 0 Å². The number of hydrogen-bond acceptors (Lipinski definition) is 2. The lowest BCUT2D eigenvalue weighted by Crippen LogP contribution is -2.56. The molecule has 0 aliphatic carbocycles. The van der Waals surface area contributed by atoms with E-state index >= 15 is 0 Å². The van der Waals surface area contributed by atoms with Gasteiger partial charge in [0.25, 0.3) is 0 Å². The fraction of sp³-hybridized carbons (Fsp3) is 0.625. The Morgan fingerprint density at radius 2 is 1.72 bits per heavy atom. The zero-order valence-electron chi connectivity index (χ0n) is 12.7. The third-order valence-electron chi connectivity index (χ3n) is 4.02. The van der Waals surface area contributed by atoms with E-state index in [-0.39, 0.29) is 5.54 Å². The third-order valence-corrected chi connectivity index (χ3v) is 4.02. The highest BCUT2D eigenvalue weighted by Gasteiger charge is 2.30. The van der Waals surface area contributed by atoms with Crippen LogP contribution in [0.2, 0.25) is 0 Å². The zero-order valence-corrected chi connectivity index (χ0v) is 12.7. The van der Waals surface area contributed by atoms with E-state index in [4.69, 9.17) is 0 Å². The summed E-state index contributed by atoms with van der Waals surface area (Å²) in [5, 5.41) is 3.63. The van der Waals surface area contributed by atoms with Gasteiger partial charge in [-0.25, -0.2) is 0 Å². The Kier molecular flexibility index (Phi) is 5.36. The van der Waals surface area contributed by atoms with Crippen LogP contribution < -0.4 is 5.32 Å². The van der Waals surface area contributed by atoms with Crippen LogP contribution in [0.1, 0.15) is 31.9 Å². The fourth-order valence-electron chi connectivity index (χ4n) is 2.09. The van der Waals surface area contributed by atoms with Gasteiger partial charge in [-0.3, -0.25) is 0 Å². The predicted molar refractivity (Wildman–Crippen MR) is 80.1 cm³/mol. The maximum absolute atomic E-state index is 3.63. The number of benzene rings is 1. The first kappa shape index (κ1) is 15.2. The molecule has 1 N–H and O–H groups in total. The van der Waals surface area contributed by atoms with Crippen LogP contribution in [0.25, 0.3) is 0 Å². The first-order valence-electron chi connectivity index (χ1n) is 6.84. The summed E-state index contributed by atoms with van der Waals surface area (Å²) in [5.41, 5.74) is 2.87. The highest BCUT2D eigenvalue weighted by molar-refractivity contribution is 5.22. The van der Waals surface area contributed by atoms with E-state index in [1.165, 1.54) is 11.1 Å². The summed E-state index contributed by atoms with van der Waals surface area (Å²) in [7, 11) is 4.30. The molecule has 1 rings (SSSR count). The Morgan fingerprint density at radius 3 is 2.17 bits per heavy atom. The van der Waals surface area contributed by atoms with E-state index in [2.05, 4.69) is 76.3 Å². The van der Waals surface area contributed by atoms with Crippen LogP contribution in [0.5, 0.6) is 0 Å². The van der Waals surface area contributed by atoms with Crippen molar-refractivity contribution in [3.63, 3.8) is 0 Å². The van der Waals surface area contributed by atoms with Crippen LogP contribution in [0.15, 0.2) is 24.3 Å². The molecule has 0 saturated heterocycles. The smallest absolute Gasteiger partial charge is 0.0303 e. The lowest BCUT2D eigenvalue weighted by molar-refractivity contribution is 0.138. The van der Waals surface area contributed by atoms with Crippen molar-refractivity contribution >= 4 is 0 Å².